The number of carbonyl (C=O) groups excluding carboxylic acids is 5. The summed E-state index contributed by atoms with van der Waals surface area (Å²) < 4.78 is 30.1. The van der Waals surface area contributed by atoms with E-state index in [9.17, 15) is 120 Å². The normalized spacial score (nSPS) is 15.8. The Morgan fingerprint density at radius 3 is 1.29 bits per heavy atom. The van der Waals surface area contributed by atoms with E-state index in [4.69, 9.17) is 43.2 Å². The smallest absolute Gasteiger partial charge is 0.412 e. The van der Waals surface area contributed by atoms with Crippen LogP contribution in [0, 0.1) is 80.9 Å². The Balaban J connectivity index is 0.000000200. The Morgan fingerprint density at radius 1 is 0.548 bits per heavy atom. The third-order valence-electron chi connectivity index (χ3n) is 21.4. The van der Waals surface area contributed by atoms with Gasteiger partial charge in [-0.3, -0.25) is 95.3 Å². The van der Waals surface area contributed by atoms with Crippen molar-refractivity contribution in [3.63, 3.8) is 0 Å². The number of phenols is 1. The number of fused-ring (bicyclic) bond motifs is 16. The van der Waals surface area contributed by atoms with Gasteiger partial charge < -0.3 is 52.4 Å². The highest BCUT2D eigenvalue weighted by atomic mass is 35.5. The van der Waals surface area contributed by atoms with Crippen LogP contribution in [-0.2, 0) is 101 Å². The number of nitro groups is 8. The van der Waals surface area contributed by atoms with E-state index in [0.717, 1.165) is 38.1 Å². The number of cyclic esters (lactones) is 2. The van der Waals surface area contributed by atoms with Gasteiger partial charge in [-0.1, -0.05) is 36.3 Å². The highest BCUT2D eigenvalue weighted by Gasteiger charge is 2.54. The Hall–Kier alpha value is -16.4. The topological polar surface area (TPSA) is 613 Å². The number of phenolic OH excluding ortho intramolecular Hbond substituents is 1. The molecule has 1 radical (unpaired) electrons. The number of nitro benzene ring substituents is 8. The van der Waals surface area contributed by atoms with Crippen molar-refractivity contribution in [3.05, 3.63) is 266 Å². The average Bonchev–Trinajstić information content (AvgIpc) is 1.51. The molecule has 6 aliphatic rings. The Labute approximate surface area is 695 Å². The van der Waals surface area contributed by atoms with Gasteiger partial charge in [-0.2, -0.15) is 0 Å². The summed E-state index contributed by atoms with van der Waals surface area (Å²) in [4.78, 5) is 204. The molecule has 0 saturated carbocycles. The minimum Gasteiger partial charge on any atom is -0.535 e. The van der Waals surface area contributed by atoms with E-state index in [1.807, 2.05) is 31.1 Å². The second kappa shape index (κ2) is 31.4. The largest absolute Gasteiger partial charge is 0.535 e. The molecule has 2 aliphatic carbocycles. The van der Waals surface area contributed by atoms with Crippen molar-refractivity contribution in [3.8, 4) is 50.8 Å². The SMILES string of the molecule is CC[C@@]1(OC(=O)[C@H](C)ON=C2c3cc([N+](=O)[O-])cc([N+](=O)[O-])c3-c3c2cc([N+](=O)[O-])cc3[N+](=O)[O-])C(=O)OCc2c1cc1n(c2=O)Cc2cc3c(CN(C)C)c(O)ccc3nc2-1.CC[C@@]1(OC(=O)[C@H](C)ON=C2c3cc([N+](=O)[O-])cc([N+](=O)[O-])c3-c3c2cc([N+](=O)[O-])cc3[N+](=O)[O-])C(=O)OCc2c1cc1n(c2=O)Cc2cc3cc([B]OC=O)ccc3nc2-1.Cl. The monoisotopic (exact) mass is 1720 g/mol. The fraction of sp³-hybridized carbons (Fsp3) is 0.224. The zero-order valence-electron chi connectivity index (χ0n) is 64.4. The second-order valence-electron chi connectivity index (χ2n) is 28.6. The van der Waals surface area contributed by atoms with E-state index in [2.05, 4.69) is 10.3 Å². The minimum absolute atomic E-state index is 0. The average molecular weight is 1720 g/mol. The lowest BCUT2D eigenvalue weighted by Crippen LogP contribution is -2.48. The first-order valence-electron chi connectivity index (χ1n) is 36.3. The van der Waals surface area contributed by atoms with Crippen LogP contribution < -0.4 is 16.6 Å². The Bertz CT molecular complexity index is 6640. The van der Waals surface area contributed by atoms with Crippen molar-refractivity contribution in [2.75, 3.05) is 14.1 Å². The summed E-state index contributed by atoms with van der Waals surface area (Å²) in [6.45, 7) is 5.21. The lowest BCUT2D eigenvalue weighted by Gasteiger charge is -2.36. The maximum atomic E-state index is 14.1. The van der Waals surface area contributed by atoms with Crippen LogP contribution in [0.2, 0.25) is 0 Å². The predicted molar refractivity (Wildman–Crippen MR) is 425 cm³/mol. The molecule has 0 bridgehead atoms. The molecule has 4 aliphatic heterocycles. The molecule has 0 amide bonds. The van der Waals surface area contributed by atoms with Gasteiger partial charge in [-0.15, -0.1) is 12.4 Å². The van der Waals surface area contributed by atoms with Gasteiger partial charge in [0.15, 0.2) is 0 Å². The molecular weight excluding hydrogens is 1670 g/mol. The molecule has 6 aromatic carbocycles. The number of aromatic hydroxyl groups is 1. The third-order valence-corrected chi connectivity index (χ3v) is 21.4. The van der Waals surface area contributed by atoms with Gasteiger partial charge in [-0.25, -0.2) is 29.1 Å². The van der Waals surface area contributed by atoms with Crippen LogP contribution in [-0.4, -0.2) is 144 Å². The number of hydrogen-bond acceptors (Lipinski definition) is 36. The van der Waals surface area contributed by atoms with Gasteiger partial charge in [-0.05, 0) is 88.7 Å². The van der Waals surface area contributed by atoms with Crippen molar-refractivity contribution in [2.45, 2.75) is 96.8 Å². The van der Waals surface area contributed by atoms with Crippen LogP contribution in [0.4, 0.5) is 45.5 Å². The lowest BCUT2D eigenvalue weighted by atomic mass is 9.85. The minimum atomic E-state index is -2.22. The number of hydrogen-bond donors (Lipinski definition) is 1. The number of halogens is 1. The van der Waals surface area contributed by atoms with Gasteiger partial charge in [0.2, 0.25) is 23.4 Å². The molecule has 4 atom stereocenters. The molecule has 46 nitrogen and oxygen atoms in total. The van der Waals surface area contributed by atoms with E-state index in [-0.39, 0.29) is 72.8 Å². The molecule has 4 aromatic heterocycles. The number of nitrogens with zero attached hydrogens (tertiary/aromatic N) is 15. The quantitative estimate of drug-likeness (QED) is 0.0156. The van der Waals surface area contributed by atoms with Gasteiger partial charge in [0.25, 0.3) is 63.1 Å². The van der Waals surface area contributed by atoms with Crippen molar-refractivity contribution in [1.29, 1.82) is 0 Å². The number of esters is 4. The maximum Gasteiger partial charge on any atom is 0.412 e. The number of benzene rings is 6. The summed E-state index contributed by atoms with van der Waals surface area (Å²) in [5.41, 5.74) is -12.6. The molecule has 629 valence electrons. The number of ether oxygens (including phenoxy) is 4. The van der Waals surface area contributed by atoms with E-state index in [1.165, 1.54) is 48.7 Å². The molecule has 8 heterocycles. The first-order valence-corrected chi connectivity index (χ1v) is 36.3. The van der Waals surface area contributed by atoms with Crippen molar-refractivity contribution < 1.29 is 102 Å². The zero-order chi connectivity index (χ0) is 88.3. The van der Waals surface area contributed by atoms with E-state index in [0.29, 0.717) is 97.5 Å². The summed E-state index contributed by atoms with van der Waals surface area (Å²) in [7, 11) is 4.95. The molecule has 0 fully saturated rings. The second-order valence-corrected chi connectivity index (χ2v) is 28.6. The van der Waals surface area contributed by atoms with Crippen LogP contribution in [0.1, 0.15) is 102 Å². The highest BCUT2D eigenvalue weighted by molar-refractivity contribution is 6.48. The fourth-order valence-corrected chi connectivity index (χ4v) is 15.7. The summed E-state index contributed by atoms with van der Waals surface area (Å²) >= 11 is 0. The molecule has 1 N–H and O–H groups in total. The summed E-state index contributed by atoms with van der Waals surface area (Å²) in [5.74, 6) is -4.49. The van der Waals surface area contributed by atoms with Gasteiger partial charge in [0.1, 0.15) is 30.4 Å². The standard InChI is InChI=1S/C39H30N8O15.C37H23BN7O16.ClH/c1-5-39(26-13-30-34-18(14-43(30)36(49)25(26)16-60-38(39)51)8-21-24(15-42(3)4)31(48)7-6-27(21)40-34)61-37(50)17(2)62-41-35-22-9-19(44(52)53)11-28(46(56)57)32(22)33-23(35)10-20(45(54)55)12-29(33)47(58)59;1-3-37(25-12-29-32-18(13-41(29)34(47)24(25)14-58-36(37)49)6-17-7-19(38-59-15-46)4-5-26(17)39-32)60-35(48)16(2)61-40-33-22-8-20(42(50)51)10-27(44(54)55)30(22)31-23(33)9-21(43(52)53)11-28(31)45(56)57;/h6-13,17,48H,5,14-16H2,1-4H3;4-12,15-16H,3,13-14H2,1-2H3;1H/t17-,39-;16-,37-;/m00./s1. The summed E-state index contributed by atoms with van der Waals surface area (Å²) in [6, 6.07) is 20.4. The molecule has 10 aromatic rings. The lowest BCUT2D eigenvalue weighted by molar-refractivity contribution is -0.395. The first-order chi connectivity index (χ1) is 58.4. The van der Waals surface area contributed by atoms with Crippen molar-refractivity contribution >= 4 is 134 Å². The molecule has 0 unspecified atom stereocenters. The van der Waals surface area contributed by atoms with Crippen LogP contribution in [0.15, 0.2) is 123 Å². The third kappa shape index (κ3) is 13.8. The number of oxime groups is 2. The molecule has 48 heteroatoms. The van der Waals surface area contributed by atoms with Crippen LogP contribution >= 0.6 is 12.4 Å². The first kappa shape index (κ1) is 84.1. The maximum absolute atomic E-state index is 14.1. The van der Waals surface area contributed by atoms with Gasteiger partial charge in [0, 0.05) is 91.7 Å². The molecular formula is C76H54BClN15O31. The van der Waals surface area contributed by atoms with Crippen molar-refractivity contribution in [2.24, 2.45) is 10.3 Å². The summed E-state index contributed by atoms with van der Waals surface area (Å²) in [5, 5.41) is 116. The zero-order valence-corrected chi connectivity index (χ0v) is 65.2. The Morgan fingerprint density at radius 2 is 0.927 bits per heavy atom. The summed E-state index contributed by atoms with van der Waals surface area (Å²) in [6.07, 6.45) is -4.04. The van der Waals surface area contributed by atoms with Crippen LogP contribution in [0.5, 0.6) is 5.75 Å². The van der Waals surface area contributed by atoms with E-state index in [1.54, 1.807) is 24.3 Å². The molecule has 124 heavy (non-hydrogen) atoms. The number of pyridine rings is 4. The number of rotatable bonds is 23. The van der Waals surface area contributed by atoms with E-state index >= 15 is 0 Å². The predicted octanol–water partition coefficient (Wildman–Crippen LogP) is 8.81. The Kier molecular flexibility index (Phi) is 21.3. The number of aromatic nitrogens is 4. The fourth-order valence-electron chi connectivity index (χ4n) is 15.7. The van der Waals surface area contributed by atoms with Crippen LogP contribution in [0.25, 0.3) is 66.8 Å². The van der Waals surface area contributed by atoms with Crippen molar-refractivity contribution in [1.82, 2.24) is 24.0 Å². The number of non-ortho nitro benzene ring substituents is 4. The van der Waals surface area contributed by atoms with Gasteiger partial charge in [0.05, 0.1) is 144 Å². The molecule has 16 rings (SSSR count). The highest BCUT2D eigenvalue weighted by Crippen LogP contribution is 2.53. The molecule has 0 spiro atoms. The van der Waals surface area contributed by atoms with Crippen LogP contribution in [0.3, 0.4) is 0 Å². The van der Waals surface area contributed by atoms with E-state index < -0.39 is 212 Å². The molecule has 0 saturated heterocycles. The van der Waals surface area contributed by atoms with Gasteiger partial charge >= 0.3 is 31.4 Å². The number of carbonyl (C=O) groups is 5.